The summed E-state index contributed by atoms with van der Waals surface area (Å²) in [6.45, 7) is 4.59. The Morgan fingerprint density at radius 2 is 1.87 bits per heavy atom. The van der Waals surface area contributed by atoms with Crippen LogP contribution in [-0.4, -0.2) is 6.04 Å². The highest BCUT2D eigenvalue weighted by molar-refractivity contribution is 4.92. The zero-order valence-corrected chi connectivity index (χ0v) is 10.5. The maximum Gasteiger partial charge on any atom is 0.0266 e. The Kier molecular flexibility index (Phi) is 5.62. The molecule has 0 aromatic carbocycles. The highest BCUT2D eigenvalue weighted by atomic mass is 15.2. The third-order valence-electron chi connectivity index (χ3n) is 4.34. The Labute approximate surface area is 95.0 Å². The first-order valence-corrected chi connectivity index (χ1v) is 6.75. The molecule has 0 bridgehead atoms. The molecule has 0 aromatic rings. The average molecular weight is 212 g/mol. The second-order valence-corrected chi connectivity index (χ2v) is 5.14. The van der Waals surface area contributed by atoms with Crippen LogP contribution in [0.25, 0.3) is 0 Å². The van der Waals surface area contributed by atoms with Crippen molar-refractivity contribution in [1.29, 1.82) is 0 Å². The molecule has 0 spiro atoms. The predicted molar refractivity (Wildman–Crippen MR) is 66.4 cm³/mol. The van der Waals surface area contributed by atoms with Crippen molar-refractivity contribution in [1.82, 2.24) is 5.43 Å². The smallest absolute Gasteiger partial charge is 0.0266 e. The number of rotatable bonds is 7. The van der Waals surface area contributed by atoms with E-state index < -0.39 is 0 Å². The molecule has 2 nitrogen and oxygen atoms in total. The van der Waals surface area contributed by atoms with E-state index in [9.17, 15) is 0 Å². The van der Waals surface area contributed by atoms with E-state index in [0.717, 1.165) is 0 Å². The third kappa shape index (κ3) is 3.18. The summed E-state index contributed by atoms with van der Waals surface area (Å²) in [6, 6.07) is 0.552. The summed E-state index contributed by atoms with van der Waals surface area (Å²) in [5, 5.41) is 0. The Morgan fingerprint density at radius 1 is 1.20 bits per heavy atom. The van der Waals surface area contributed by atoms with Crippen LogP contribution in [0.4, 0.5) is 0 Å². The molecule has 15 heavy (non-hydrogen) atoms. The first kappa shape index (κ1) is 13.0. The fraction of sp³-hybridized carbons (Fsp3) is 1.00. The first-order valence-electron chi connectivity index (χ1n) is 6.75. The molecule has 1 rings (SSSR count). The topological polar surface area (TPSA) is 38.0 Å². The van der Waals surface area contributed by atoms with Crippen molar-refractivity contribution in [3.05, 3.63) is 0 Å². The summed E-state index contributed by atoms with van der Waals surface area (Å²) >= 11 is 0. The van der Waals surface area contributed by atoms with Gasteiger partial charge in [0, 0.05) is 6.04 Å². The van der Waals surface area contributed by atoms with Crippen LogP contribution in [0.3, 0.4) is 0 Å². The minimum absolute atomic E-state index is 0.516. The van der Waals surface area contributed by atoms with Crippen LogP contribution in [0.2, 0.25) is 0 Å². The lowest BCUT2D eigenvalue weighted by Gasteiger charge is -2.36. The fourth-order valence-corrected chi connectivity index (χ4v) is 3.19. The van der Waals surface area contributed by atoms with E-state index in [2.05, 4.69) is 19.3 Å². The van der Waals surface area contributed by atoms with E-state index in [0.29, 0.717) is 11.5 Å². The minimum atomic E-state index is 0.516. The van der Waals surface area contributed by atoms with Crippen molar-refractivity contribution < 1.29 is 0 Å². The molecular weight excluding hydrogens is 184 g/mol. The van der Waals surface area contributed by atoms with Crippen molar-refractivity contribution in [2.24, 2.45) is 11.3 Å². The Bertz CT molecular complexity index is 162. The van der Waals surface area contributed by atoms with Gasteiger partial charge in [-0.05, 0) is 31.1 Å². The average Bonchev–Trinajstić information content (AvgIpc) is 2.74. The van der Waals surface area contributed by atoms with Crippen LogP contribution in [0.1, 0.15) is 71.6 Å². The number of hydrogen-bond donors (Lipinski definition) is 2. The summed E-state index contributed by atoms with van der Waals surface area (Å²) in [5.41, 5.74) is 3.61. The molecule has 0 saturated heterocycles. The van der Waals surface area contributed by atoms with Gasteiger partial charge in [-0.25, -0.2) is 0 Å². The second kappa shape index (κ2) is 6.49. The van der Waals surface area contributed by atoms with E-state index in [1.807, 2.05) is 0 Å². The molecule has 1 aliphatic carbocycles. The zero-order valence-electron chi connectivity index (χ0n) is 10.5. The maximum atomic E-state index is 5.75. The highest BCUT2D eigenvalue weighted by Crippen LogP contribution is 2.44. The van der Waals surface area contributed by atoms with Crippen LogP contribution < -0.4 is 11.3 Å². The van der Waals surface area contributed by atoms with E-state index in [1.54, 1.807) is 0 Å². The van der Waals surface area contributed by atoms with Gasteiger partial charge in [0.2, 0.25) is 0 Å². The van der Waals surface area contributed by atoms with Crippen molar-refractivity contribution in [3.8, 4) is 0 Å². The Hall–Kier alpha value is -0.0800. The van der Waals surface area contributed by atoms with Gasteiger partial charge in [-0.1, -0.05) is 46.0 Å². The molecule has 1 unspecified atom stereocenters. The van der Waals surface area contributed by atoms with E-state index in [1.165, 1.54) is 57.8 Å². The molecule has 1 saturated carbocycles. The molecule has 0 radical (unpaired) electrons. The van der Waals surface area contributed by atoms with E-state index in [4.69, 9.17) is 5.84 Å². The van der Waals surface area contributed by atoms with Gasteiger partial charge in [0.1, 0.15) is 0 Å². The predicted octanol–water partition coefficient (Wildman–Crippen LogP) is 3.37. The minimum Gasteiger partial charge on any atom is -0.271 e. The van der Waals surface area contributed by atoms with Crippen LogP contribution in [0.5, 0.6) is 0 Å². The summed E-state index contributed by atoms with van der Waals surface area (Å²) in [4.78, 5) is 0. The molecule has 0 amide bonds. The van der Waals surface area contributed by atoms with Gasteiger partial charge in [-0.2, -0.15) is 0 Å². The largest absolute Gasteiger partial charge is 0.271 e. The monoisotopic (exact) mass is 212 g/mol. The second-order valence-electron chi connectivity index (χ2n) is 5.14. The van der Waals surface area contributed by atoms with Crippen LogP contribution in [0, 0.1) is 5.41 Å². The summed E-state index contributed by atoms with van der Waals surface area (Å²) < 4.78 is 0. The number of nitrogens with one attached hydrogen (secondary N) is 1. The molecule has 90 valence electrons. The number of nitrogens with two attached hydrogens (primary N) is 1. The lowest BCUT2D eigenvalue weighted by Crippen LogP contribution is -2.47. The SMILES string of the molecule is CCCCCC(NN)C1(CC)CCCC1. The fourth-order valence-electron chi connectivity index (χ4n) is 3.19. The molecule has 1 aliphatic rings. The molecule has 3 N–H and O–H groups in total. The Morgan fingerprint density at radius 3 is 2.33 bits per heavy atom. The lowest BCUT2D eigenvalue weighted by molar-refractivity contribution is 0.174. The summed E-state index contributed by atoms with van der Waals surface area (Å²) in [5.74, 6) is 5.75. The molecule has 0 aliphatic heterocycles. The van der Waals surface area contributed by atoms with Crippen molar-refractivity contribution >= 4 is 0 Å². The van der Waals surface area contributed by atoms with Crippen molar-refractivity contribution in [3.63, 3.8) is 0 Å². The zero-order chi connectivity index (χ0) is 11.1. The number of unbranched alkanes of at least 4 members (excludes halogenated alkanes) is 2. The van der Waals surface area contributed by atoms with Gasteiger partial charge in [-0.15, -0.1) is 0 Å². The van der Waals surface area contributed by atoms with Crippen molar-refractivity contribution in [2.45, 2.75) is 77.7 Å². The van der Waals surface area contributed by atoms with Crippen LogP contribution in [-0.2, 0) is 0 Å². The first-order chi connectivity index (χ1) is 7.29. The molecule has 2 heteroatoms. The standard InChI is InChI=1S/C13H28N2/c1-3-5-6-9-12(15-14)13(4-2)10-7-8-11-13/h12,15H,3-11,14H2,1-2H3. The van der Waals surface area contributed by atoms with Gasteiger partial charge in [0.25, 0.3) is 0 Å². The van der Waals surface area contributed by atoms with Crippen molar-refractivity contribution in [2.75, 3.05) is 0 Å². The van der Waals surface area contributed by atoms with Gasteiger partial charge < -0.3 is 0 Å². The van der Waals surface area contributed by atoms with E-state index in [-0.39, 0.29) is 0 Å². The molecule has 0 heterocycles. The quantitative estimate of drug-likeness (QED) is 0.386. The maximum absolute atomic E-state index is 5.75. The van der Waals surface area contributed by atoms with Gasteiger partial charge in [-0.3, -0.25) is 11.3 Å². The highest BCUT2D eigenvalue weighted by Gasteiger charge is 2.38. The third-order valence-corrected chi connectivity index (χ3v) is 4.34. The molecular formula is C13H28N2. The van der Waals surface area contributed by atoms with Crippen LogP contribution in [0.15, 0.2) is 0 Å². The number of hydrazine groups is 1. The number of hydrogen-bond acceptors (Lipinski definition) is 2. The lowest BCUT2D eigenvalue weighted by atomic mass is 9.74. The Balaban J connectivity index is 2.46. The van der Waals surface area contributed by atoms with Crippen LogP contribution >= 0.6 is 0 Å². The molecule has 1 fully saturated rings. The molecule has 1 atom stereocenters. The summed E-state index contributed by atoms with van der Waals surface area (Å²) in [6.07, 6.45) is 12.1. The van der Waals surface area contributed by atoms with Gasteiger partial charge in [0.05, 0.1) is 0 Å². The van der Waals surface area contributed by atoms with Gasteiger partial charge >= 0.3 is 0 Å². The molecule has 0 aromatic heterocycles. The summed E-state index contributed by atoms with van der Waals surface area (Å²) in [7, 11) is 0. The normalized spacial score (nSPS) is 21.8. The van der Waals surface area contributed by atoms with Gasteiger partial charge in [0.15, 0.2) is 0 Å². The van der Waals surface area contributed by atoms with E-state index >= 15 is 0 Å².